The standard InChI is InChI=1S/2C17H18F3N3OS/c2*18-17(19,20)14-12-25-16(21-14)23-10-8-22(9-11-23)15(24)7-6-13-4-2-1-3-5-13/h2*1-5,12H,6-11H2. The highest BCUT2D eigenvalue weighted by Gasteiger charge is 2.36. The molecule has 4 aromatic rings. The highest BCUT2D eigenvalue weighted by molar-refractivity contribution is 7.14. The molecule has 268 valence electrons. The van der Waals surface area contributed by atoms with Crippen molar-refractivity contribution in [3.8, 4) is 0 Å². The molecule has 0 unspecified atom stereocenters. The number of carbonyl (C=O) groups excluding carboxylic acids is 2. The molecular formula is C34H36F6N6O2S2. The third-order valence-electron chi connectivity index (χ3n) is 8.31. The molecule has 6 rings (SSSR count). The maximum Gasteiger partial charge on any atom is 0.434 e. The van der Waals surface area contributed by atoms with Crippen LogP contribution in [0.2, 0.25) is 0 Å². The van der Waals surface area contributed by atoms with E-state index in [-0.39, 0.29) is 11.8 Å². The minimum Gasteiger partial charge on any atom is -0.345 e. The summed E-state index contributed by atoms with van der Waals surface area (Å²) in [4.78, 5) is 39.1. The van der Waals surface area contributed by atoms with E-state index in [1.165, 1.54) is 0 Å². The Labute approximate surface area is 294 Å². The molecule has 0 atom stereocenters. The number of anilines is 2. The van der Waals surface area contributed by atoms with Gasteiger partial charge in [0.15, 0.2) is 21.7 Å². The predicted molar refractivity (Wildman–Crippen MR) is 181 cm³/mol. The van der Waals surface area contributed by atoms with Crippen molar-refractivity contribution in [2.24, 2.45) is 0 Å². The number of nitrogens with zero attached hydrogens (tertiary/aromatic N) is 6. The zero-order valence-corrected chi connectivity index (χ0v) is 28.6. The average Bonchev–Trinajstić information content (AvgIpc) is 3.83. The van der Waals surface area contributed by atoms with Crippen molar-refractivity contribution in [1.29, 1.82) is 0 Å². The molecule has 4 heterocycles. The number of thiazole rings is 2. The summed E-state index contributed by atoms with van der Waals surface area (Å²) in [6.07, 6.45) is -6.55. The number of amides is 2. The lowest BCUT2D eigenvalue weighted by atomic mass is 10.1. The number of halogens is 6. The number of hydrogen-bond acceptors (Lipinski definition) is 8. The van der Waals surface area contributed by atoms with E-state index in [1.54, 1.807) is 19.6 Å². The lowest BCUT2D eigenvalue weighted by Crippen LogP contribution is -2.48. The van der Waals surface area contributed by atoms with Gasteiger partial charge in [-0.25, -0.2) is 9.97 Å². The van der Waals surface area contributed by atoms with Gasteiger partial charge in [-0.1, -0.05) is 60.7 Å². The molecule has 0 spiro atoms. The summed E-state index contributed by atoms with van der Waals surface area (Å²) in [5.74, 6) is 0.164. The first-order valence-electron chi connectivity index (χ1n) is 16.1. The van der Waals surface area contributed by atoms with Gasteiger partial charge in [0, 0.05) is 76.0 Å². The summed E-state index contributed by atoms with van der Waals surface area (Å²) in [6.45, 7) is 4.04. The second-order valence-corrected chi connectivity index (χ2v) is 13.4. The summed E-state index contributed by atoms with van der Waals surface area (Å²) in [6, 6.07) is 19.6. The quantitative estimate of drug-likeness (QED) is 0.184. The van der Waals surface area contributed by atoms with Gasteiger partial charge in [-0.3, -0.25) is 9.59 Å². The van der Waals surface area contributed by atoms with Crippen molar-refractivity contribution < 1.29 is 35.9 Å². The van der Waals surface area contributed by atoms with E-state index < -0.39 is 23.7 Å². The molecule has 2 aromatic heterocycles. The van der Waals surface area contributed by atoms with E-state index in [9.17, 15) is 35.9 Å². The Morgan fingerprint density at radius 1 is 0.560 bits per heavy atom. The second kappa shape index (κ2) is 16.7. The maximum atomic E-state index is 12.6. The average molecular weight is 739 g/mol. The molecule has 2 aliphatic rings. The largest absolute Gasteiger partial charge is 0.434 e. The minimum absolute atomic E-state index is 0.0821. The van der Waals surface area contributed by atoms with Gasteiger partial charge in [-0.15, -0.1) is 22.7 Å². The Morgan fingerprint density at radius 2 is 0.900 bits per heavy atom. The van der Waals surface area contributed by atoms with Gasteiger partial charge in [-0.05, 0) is 24.0 Å². The third kappa shape index (κ3) is 10.4. The van der Waals surface area contributed by atoms with Gasteiger partial charge in [0.2, 0.25) is 11.8 Å². The van der Waals surface area contributed by atoms with Crippen LogP contribution in [0.4, 0.5) is 36.6 Å². The number of carbonyl (C=O) groups is 2. The molecule has 2 amide bonds. The molecule has 50 heavy (non-hydrogen) atoms. The van der Waals surface area contributed by atoms with Crippen LogP contribution >= 0.6 is 22.7 Å². The van der Waals surface area contributed by atoms with Crippen molar-refractivity contribution >= 4 is 44.8 Å². The van der Waals surface area contributed by atoms with Crippen LogP contribution in [0, 0.1) is 0 Å². The van der Waals surface area contributed by atoms with E-state index in [0.717, 1.165) is 44.6 Å². The van der Waals surface area contributed by atoms with Gasteiger partial charge in [0.05, 0.1) is 0 Å². The van der Waals surface area contributed by atoms with E-state index in [2.05, 4.69) is 9.97 Å². The molecule has 2 aromatic carbocycles. The van der Waals surface area contributed by atoms with Crippen LogP contribution in [-0.4, -0.2) is 83.9 Å². The third-order valence-corrected chi connectivity index (χ3v) is 10.1. The Morgan fingerprint density at radius 3 is 1.20 bits per heavy atom. The summed E-state index contributed by atoms with van der Waals surface area (Å²) in [5, 5.41) is 2.80. The molecule has 2 saturated heterocycles. The van der Waals surface area contributed by atoms with E-state index in [0.29, 0.717) is 88.3 Å². The van der Waals surface area contributed by atoms with Crippen molar-refractivity contribution in [2.45, 2.75) is 38.0 Å². The van der Waals surface area contributed by atoms with Gasteiger partial charge >= 0.3 is 12.4 Å². The van der Waals surface area contributed by atoms with Crippen molar-refractivity contribution in [3.63, 3.8) is 0 Å². The Balaban J connectivity index is 0.000000194. The molecule has 0 N–H and O–H groups in total. The molecule has 0 radical (unpaired) electrons. The number of alkyl halides is 6. The molecule has 8 nitrogen and oxygen atoms in total. The van der Waals surface area contributed by atoms with E-state index >= 15 is 0 Å². The molecule has 2 fully saturated rings. The van der Waals surface area contributed by atoms with Crippen LogP contribution in [0.3, 0.4) is 0 Å². The van der Waals surface area contributed by atoms with Gasteiger partial charge < -0.3 is 19.6 Å². The van der Waals surface area contributed by atoms with Crippen molar-refractivity contribution in [3.05, 3.63) is 93.9 Å². The number of aryl methyl sites for hydroxylation is 2. The maximum absolute atomic E-state index is 12.6. The predicted octanol–water partition coefficient (Wildman–Crippen LogP) is 6.89. The molecule has 2 aliphatic heterocycles. The summed E-state index contributed by atoms with van der Waals surface area (Å²) in [7, 11) is 0. The minimum atomic E-state index is -4.41. The van der Waals surface area contributed by atoms with Crippen LogP contribution in [0.5, 0.6) is 0 Å². The van der Waals surface area contributed by atoms with Gasteiger partial charge in [0.1, 0.15) is 0 Å². The molecule has 0 aliphatic carbocycles. The molecular weight excluding hydrogens is 703 g/mol. The number of piperazine rings is 2. The molecule has 0 bridgehead atoms. The first-order chi connectivity index (χ1) is 23.9. The highest BCUT2D eigenvalue weighted by atomic mass is 32.1. The van der Waals surface area contributed by atoms with Crippen LogP contribution < -0.4 is 9.80 Å². The monoisotopic (exact) mass is 738 g/mol. The summed E-state index contributed by atoms with van der Waals surface area (Å²) >= 11 is 1.98. The fourth-order valence-electron chi connectivity index (χ4n) is 5.48. The normalized spacial score (nSPS) is 15.5. The van der Waals surface area contributed by atoms with Crippen molar-refractivity contribution in [1.82, 2.24) is 19.8 Å². The molecule has 0 saturated carbocycles. The number of hydrogen-bond donors (Lipinski definition) is 0. The zero-order chi connectivity index (χ0) is 35.7. The van der Waals surface area contributed by atoms with E-state index in [1.807, 2.05) is 60.7 Å². The summed E-state index contributed by atoms with van der Waals surface area (Å²) in [5.41, 5.74) is 0.539. The molecule has 16 heteroatoms. The SMILES string of the molecule is O=C(CCc1ccccc1)N1CCN(c2nc(C(F)(F)F)cs2)CC1.O=C(CCc1ccccc1)N1CCN(c2nc(C(F)(F)F)cs2)CC1. The fraction of sp³-hybridized carbons (Fsp3) is 0.412. The number of rotatable bonds is 8. The Hall–Kier alpha value is -4.18. The van der Waals surface area contributed by atoms with Gasteiger partial charge in [0.25, 0.3) is 0 Å². The fourth-order valence-corrected chi connectivity index (χ4v) is 7.25. The van der Waals surface area contributed by atoms with Crippen LogP contribution in [0.25, 0.3) is 0 Å². The van der Waals surface area contributed by atoms with Crippen LogP contribution in [0.15, 0.2) is 71.4 Å². The van der Waals surface area contributed by atoms with Crippen LogP contribution in [-0.2, 0) is 34.8 Å². The lowest BCUT2D eigenvalue weighted by Gasteiger charge is -2.34. The number of benzene rings is 2. The zero-order valence-electron chi connectivity index (χ0n) is 27.0. The van der Waals surface area contributed by atoms with Crippen molar-refractivity contribution in [2.75, 3.05) is 62.2 Å². The topological polar surface area (TPSA) is 72.9 Å². The van der Waals surface area contributed by atoms with Crippen LogP contribution in [0.1, 0.15) is 35.4 Å². The lowest BCUT2D eigenvalue weighted by molar-refractivity contribution is -0.141. The second-order valence-electron chi connectivity index (χ2n) is 11.7. The first kappa shape index (κ1) is 37.1. The summed E-state index contributed by atoms with van der Waals surface area (Å²) < 4.78 is 75.8. The smallest absolute Gasteiger partial charge is 0.345 e. The Bertz CT molecular complexity index is 1540. The highest BCUT2D eigenvalue weighted by Crippen LogP contribution is 2.34. The Kier molecular flexibility index (Phi) is 12.4. The number of aromatic nitrogens is 2. The first-order valence-corrected chi connectivity index (χ1v) is 17.8. The van der Waals surface area contributed by atoms with Gasteiger partial charge in [-0.2, -0.15) is 26.3 Å². The van der Waals surface area contributed by atoms with E-state index in [4.69, 9.17) is 0 Å².